The van der Waals surface area contributed by atoms with Gasteiger partial charge < -0.3 is 15.5 Å². The molecule has 1 saturated carbocycles. The van der Waals surface area contributed by atoms with Crippen molar-refractivity contribution in [2.75, 3.05) is 11.9 Å². The molecule has 2 aromatic rings. The third-order valence-electron chi connectivity index (χ3n) is 8.03. The molecule has 1 aromatic heterocycles. The van der Waals surface area contributed by atoms with Crippen LogP contribution in [-0.4, -0.2) is 35.7 Å². The number of nitrogens with zero attached hydrogens (tertiary/aromatic N) is 3. The van der Waals surface area contributed by atoms with Crippen molar-refractivity contribution in [3.8, 4) is 0 Å². The number of hydrogen-bond acceptors (Lipinski definition) is 5. The van der Waals surface area contributed by atoms with E-state index in [0.717, 1.165) is 29.8 Å². The molecular formula is C25H35FN6O2Si. The number of fused-ring (bicyclic) bond motifs is 1. The van der Waals surface area contributed by atoms with Gasteiger partial charge in [-0.2, -0.15) is 10.0 Å². The van der Waals surface area contributed by atoms with E-state index in [-0.39, 0.29) is 23.4 Å². The van der Waals surface area contributed by atoms with E-state index in [0.29, 0.717) is 17.9 Å². The molecule has 0 saturated heterocycles. The summed E-state index contributed by atoms with van der Waals surface area (Å²) in [6.45, 7) is 15.7. The topological polar surface area (TPSA) is 102 Å². The number of aromatic amines is 1. The Hall–Kier alpha value is -3.01. The molecule has 2 aliphatic rings. The highest BCUT2D eigenvalue weighted by atomic mass is 28.3. The van der Waals surface area contributed by atoms with Gasteiger partial charge in [0.05, 0.1) is 31.9 Å². The first-order valence-electron chi connectivity index (χ1n) is 12.1. The summed E-state index contributed by atoms with van der Waals surface area (Å²) < 4.78 is 13.4. The molecule has 3 N–H and O–H groups in total. The van der Waals surface area contributed by atoms with Gasteiger partial charge in [0.15, 0.2) is 5.82 Å². The highest BCUT2D eigenvalue weighted by Crippen LogP contribution is 2.60. The van der Waals surface area contributed by atoms with Crippen molar-refractivity contribution in [3.63, 3.8) is 0 Å². The number of H-pyrrole nitrogens is 1. The van der Waals surface area contributed by atoms with Crippen LogP contribution in [0, 0.1) is 10.7 Å². The van der Waals surface area contributed by atoms with Crippen LogP contribution in [0.5, 0.6) is 0 Å². The van der Waals surface area contributed by atoms with Gasteiger partial charge in [-0.1, -0.05) is 50.0 Å². The van der Waals surface area contributed by atoms with Crippen LogP contribution in [-0.2, 0) is 12.1 Å². The summed E-state index contributed by atoms with van der Waals surface area (Å²) in [6.07, 6.45) is 3.52. The normalized spacial score (nSPS) is 18.9. The molecule has 1 atom stereocenters. The number of hydrogen-bond donors (Lipinski definition) is 3. The van der Waals surface area contributed by atoms with Gasteiger partial charge >= 0.3 is 6.03 Å². The first kappa shape index (κ1) is 25.1. The van der Waals surface area contributed by atoms with E-state index in [1.165, 1.54) is 18.6 Å². The van der Waals surface area contributed by atoms with E-state index in [9.17, 15) is 14.1 Å². The second-order valence-corrected chi connectivity index (χ2v) is 16.7. The zero-order valence-corrected chi connectivity index (χ0v) is 22.2. The fourth-order valence-electron chi connectivity index (χ4n) is 5.47. The molecule has 1 fully saturated rings. The Morgan fingerprint density at radius 1 is 1.29 bits per heavy atom. The maximum atomic E-state index is 13.4. The maximum absolute atomic E-state index is 13.4. The number of allylic oxidation sites excluding steroid dienone is 1. The number of anilines is 1. The Kier molecular flexibility index (Phi) is 6.37. The molecule has 35 heavy (non-hydrogen) atoms. The number of aromatic nitrogens is 2. The summed E-state index contributed by atoms with van der Waals surface area (Å²) in [6, 6.07) is 4.72. The van der Waals surface area contributed by atoms with E-state index < -0.39 is 19.7 Å². The molecule has 188 valence electrons. The largest absolute Gasteiger partial charge is 0.342 e. The third-order valence-corrected chi connectivity index (χ3v) is 11.7. The van der Waals surface area contributed by atoms with Crippen LogP contribution in [0.4, 0.5) is 15.0 Å². The van der Waals surface area contributed by atoms with Crippen molar-refractivity contribution < 1.29 is 9.18 Å². The molecule has 1 aromatic carbocycles. The molecule has 0 bridgehead atoms. The number of rotatable bonds is 8. The number of halogens is 1. The van der Waals surface area contributed by atoms with Gasteiger partial charge in [-0.05, 0) is 44.4 Å². The summed E-state index contributed by atoms with van der Waals surface area (Å²) in [7, 11) is -1.50. The van der Waals surface area contributed by atoms with E-state index >= 15 is 0 Å². The molecule has 4 rings (SSSR count). The lowest BCUT2D eigenvalue weighted by Crippen LogP contribution is -2.48. The van der Waals surface area contributed by atoms with Crippen molar-refractivity contribution >= 4 is 19.9 Å². The molecule has 2 heterocycles. The van der Waals surface area contributed by atoms with Crippen molar-refractivity contribution in [2.24, 2.45) is 5.18 Å². The zero-order valence-electron chi connectivity index (χ0n) is 21.2. The van der Waals surface area contributed by atoms with Gasteiger partial charge in [-0.15, -0.1) is 0 Å². The maximum Gasteiger partial charge on any atom is 0.319 e. The Labute approximate surface area is 206 Å². The van der Waals surface area contributed by atoms with Crippen LogP contribution in [0.3, 0.4) is 0 Å². The molecule has 0 spiro atoms. The average Bonchev–Trinajstić information content (AvgIpc) is 3.24. The van der Waals surface area contributed by atoms with Crippen LogP contribution in [0.1, 0.15) is 56.0 Å². The number of nitroso groups, excluding NO2 is 1. The summed E-state index contributed by atoms with van der Waals surface area (Å²) in [5.41, 5.74) is 2.79. The Morgan fingerprint density at radius 3 is 2.49 bits per heavy atom. The van der Waals surface area contributed by atoms with Gasteiger partial charge in [-0.25, -0.2) is 9.18 Å². The van der Waals surface area contributed by atoms with Gasteiger partial charge in [0, 0.05) is 16.3 Å². The van der Waals surface area contributed by atoms with Crippen LogP contribution in [0.15, 0.2) is 41.7 Å². The van der Waals surface area contributed by atoms with E-state index in [1.54, 1.807) is 17.0 Å². The predicted octanol–water partition coefficient (Wildman–Crippen LogP) is 6.00. The van der Waals surface area contributed by atoms with Crippen LogP contribution >= 0.6 is 0 Å². The third kappa shape index (κ3) is 4.28. The molecule has 0 radical (unpaired) electrons. The predicted molar refractivity (Wildman–Crippen MR) is 138 cm³/mol. The monoisotopic (exact) mass is 498 g/mol. The summed E-state index contributed by atoms with van der Waals surface area (Å²) >= 11 is 0. The van der Waals surface area contributed by atoms with E-state index in [2.05, 4.69) is 52.2 Å². The number of amides is 2. The SMILES string of the molecule is C=C(Nc1n[nH]c2c1CN(C(=O)N[C@H](CN=O)c1ccc(F)cc1)C2(C)C)C1([Si](C)(C)C)CCC1. The van der Waals surface area contributed by atoms with Crippen molar-refractivity contribution in [3.05, 3.63) is 64.1 Å². The lowest BCUT2D eigenvalue weighted by Gasteiger charge is -2.52. The summed E-state index contributed by atoms with van der Waals surface area (Å²) in [5.74, 6) is 0.325. The summed E-state index contributed by atoms with van der Waals surface area (Å²) in [4.78, 5) is 26.1. The van der Waals surface area contributed by atoms with Gasteiger partial charge in [0.1, 0.15) is 12.4 Å². The highest BCUT2D eigenvalue weighted by Gasteiger charge is 2.51. The summed E-state index contributed by atoms with van der Waals surface area (Å²) in [5, 5.41) is 17.2. The van der Waals surface area contributed by atoms with Gasteiger partial charge in [0.25, 0.3) is 0 Å². The lowest BCUT2D eigenvalue weighted by atomic mass is 9.81. The van der Waals surface area contributed by atoms with Crippen LogP contribution < -0.4 is 10.6 Å². The second-order valence-electron chi connectivity index (χ2n) is 11.2. The Morgan fingerprint density at radius 2 is 1.94 bits per heavy atom. The molecule has 1 aliphatic heterocycles. The highest BCUT2D eigenvalue weighted by molar-refractivity contribution is 6.80. The average molecular weight is 499 g/mol. The first-order valence-corrected chi connectivity index (χ1v) is 15.6. The zero-order chi connectivity index (χ0) is 25.6. The van der Waals surface area contributed by atoms with E-state index in [1.807, 2.05) is 13.8 Å². The van der Waals surface area contributed by atoms with Crippen LogP contribution in [0.25, 0.3) is 0 Å². The quantitative estimate of drug-likeness (QED) is 0.307. The first-order chi connectivity index (χ1) is 16.4. The minimum Gasteiger partial charge on any atom is -0.342 e. The smallest absolute Gasteiger partial charge is 0.319 e. The van der Waals surface area contributed by atoms with Crippen molar-refractivity contribution in [2.45, 2.75) is 75.9 Å². The standard InChI is InChI=1S/C25H35FN6O2Si/c1-16(25(12-7-13-25)35(4,5)6)28-22-19-15-32(24(2,3)21(19)30-31-22)23(33)29-20(14-27-34)17-8-10-18(26)11-9-17/h8-11,20H,1,7,12-15H2,2-6H3,(H,29,33)(H2,28,30,31)/t20-/m1/s1. The van der Waals surface area contributed by atoms with Gasteiger partial charge in [-0.3, -0.25) is 5.10 Å². The molecule has 8 nitrogen and oxygen atoms in total. The lowest BCUT2D eigenvalue weighted by molar-refractivity contribution is 0.139. The second kappa shape index (κ2) is 8.89. The number of benzene rings is 1. The van der Waals surface area contributed by atoms with Crippen molar-refractivity contribution in [1.29, 1.82) is 0 Å². The Balaban J connectivity index is 1.53. The fraction of sp³-hybridized carbons (Fsp3) is 0.520. The molecule has 10 heteroatoms. The molecular weight excluding hydrogens is 463 g/mol. The minimum atomic E-state index is -1.50. The Bertz CT molecular complexity index is 1130. The molecule has 2 amide bonds. The number of nitrogens with one attached hydrogen (secondary N) is 3. The fourth-order valence-corrected chi connectivity index (χ4v) is 8.29. The number of urea groups is 1. The van der Waals surface area contributed by atoms with E-state index in [4.69, 9.17) is 0 Å². The number of carbonyl (C=O) groups is 1. The molecule has 1 aliphatic carbocycles. The van der Waals surface area contributed by atoms with Crippen molar-refractivity contribution in [1.82, 2.24) is 20.4 Å². The molecule has 0 unspecified atom stereocenters. The minimum absolute atomic E-state index is 0.147. The van der Waals surface area contributed by atoms with Gasteiger partial charge in [0.2, 0.25) is 0 Å². The van der Waals surface area contributed by atoms with Crippen LogP contribution in [0.2, 0.25) is 24.7 Å². The number of carbonyl (C=O) groups excluding carboxylic acids is 1.